The molecule has 0 aromatic rings. The quantitative estimate of drug-likeness (QED) is 0.728. The van der Waals surface area contributed by atoms with Crippen LogP contribution < -0.4 is 5.73 Å². The molecule has 0 amide bonds. The van der Waals surface area contributed by atoms with Gasteiger partial charge in [-0.3, -0.25) is 4.90 Å². The van der Waals surface area contributed by atoms with Crippen LogP contribution in [0.25, 0.3) is 0 Å². The van der Waals surface area contributed by atoms with Crippen molar-refractivity contribution in [1.82, 2.24) is 9.80 Å². The first-order valence-corrected chi connectivity index (χ1v) is 5.59. The summed E-state index contributed by atoms with van der Waals surface area (Å²) in [7, 11) is 4.41. The number of likely N-dealkylation sites (N-methyl/N-ethyl adjacent to an activating group) is 1. The minimum Gasteiger partial charge on any atom is -0.329 e. The van der Waals surface area contributed by atoms with Crippen molar-refractivity contribution in [1.29, 1.82) is 0 Å². The van der Waals surface area contributed by atoms with Crippen LogP contribution in [-0.2, 0) is 0 Å². The molecule has 1 saturated heterocycles. The average Bonchev–Trinajstić information content (AvgIpc) is 2.18. The molecule has 14 heavy (non-hydrogen) atoms. The summed E-state index contributed by atoms with van der Waals surface area (Å²) in [5.74, 6) is 0. The monoisotopic (exact) mass is 199 g/mol. The molecule has 0 spiro atoms. The second-order valence-corrected chi connectivity index (χ2v) is 5.16. The van der Waals surface area contributed by atoms with Gasteiger partial charge in [0.05, 0.1) is 0 Å². The van der Waals surface area contributed by atoms with Crippen molar-refractivity contribution in [2.45, 2.75) is 38.3 Å². The van der Waals surface area contributed by atoms with E-state index in [2.05, 4.69) is 37.7 Å². The third-order valence-corrected chi connectivity index (χ3v) is 3.69. The summed E-state index contributed by atoms with van der Waals surface area (Å²) in [5, 5.41) is 0. The number of nitrogens with two attached hydrogens (primary N) is 1. The normalized spacial score (nSPS) is 21.9. The number of hydrogen-bond acceptors (Lipinski definition) is 3. The maximum Gasteiger partial charge on any atom is 0.0275 e. The van der Waals surface area contributed by atoms with Crippen LogP contribution in [0, 0.1) is 0 Å². The van der Waals surface area contributed by atoms with Gasteiger partial charge in [-0.25, -0.2) is 0 Å². The molecule has 1 rings (SSSR count). The van der Waals surface area contributed by atoms with Crippen LogP contribution in [0.1, 0.15) is 26.7 Å². The first-order valence-electron chi connectivity index (χ1n) is 5.59. The molecule has 0 aromatic carbocycles. The molecular formula is C11H25N3. The van der Waals surface area contributed by atoms with E-state index in [1.165, 1.54) is 25.9 Å². The van der Waals surface area contributed by atoms with E-state index < -0.39 is 0 Å². The van der Waals surface area contributed by atoms with Crippen molar-refractivity contribution < 1.29 is 0 Å². The predicted octanol–water partition coefficient (Wildman–Crippen LogP) is 0.750. The summed E-state index contributed by atoms with van der Waals surface area (Å²) in [6.45, 7) is 7.62. The van der Waals surface area contributed by atoms with Crippen LogP contribution in [0.3, 0.4) is 0 Å². The number of rotatable bonds is 3. The van der Waals surface area contributed by atoms with E-state index in [9.17, 15) is 0 Å². The van der Waals surface area contributed by atoms with Crippen LogP contribution in [0.4, 0.5) is 0 Å². The fourth-order valence-electron chi connectivity index (χ4n) is 2.02. The third-order valence-electron chi connectivity index (χ3n) is 3.69. The maximum atomic E-state index is 5.79. The minimum absolute atomic E-state index is 0.139. The summed E-state index contributed by atoms with van der Waals surface area (Å²) in [6, 6.07) is 0.713. The Bertz CT molecular complexity index is 171. The van der Waals surface area contributed by atoms with Crippen LogP contribution in [0.15, 0.2) is 0 Å². The summed E-state index contributed by atoms with van der Waals surface area (Å²) >= 11 is 0. The van der Waals surface area contributed by atoms with Gasteiger partial charge in [0, 0.05) is 18.1 Å². The Balaban J connectivity index is 2.49. The molecule has 0 radical (unpaired) electrons. The fraction of sp³-hybridized carbons (Fsp3) is 1.00. The summed E-state index contributed by atoms with van der Waals surface area (Å²) in [5.41, 5.74) is 5.93. The highest BCUT2D eigenvalue weighted by molar-refractivity contribution is 4.87. The topological polar surface area (TPSA) is 32.5 Å². The second kappa shape index (κ2) is 4.60. The van der Waals surface area contributed by atoms with Gasteiger partial charge in [-0.1, -0.05) is 0 Å². The Labute approximate surface area is 88.2 Å². The highest BCUT2D eigenvalue weighted by atomic mass is 15.2. The Morgan fingerprint density at radius 1 is 1.36 bits per heavy atom. The van der Waals surface area contributed by atoms with Crippen molar-refractivity contribution in [2.24, 2.45) is 5.73 Å². The van der Waals surface area contributed by atoms with E-state index >= 15 is 0 Å². The van der Waals surface area contributed by atoms with Gasteiger partial charge in [-0.15, -0.1) is 0 Å². The maximum absolute atomic E-state index is 5.79. The van der Waals surface area contributed by atoms with Gasteiger partial charge < -0.3 is 10.6 Å². The van der Waals surface area contributed by atoms with Crippen LogP contribution >= 0.6 is 0 Å². The first kappa shape index (κ1) is 12.0. The van der Waals surface area contributed by atoms with E-state index in [0.717, 1.165) is 6.54 Å². The van der Waals surface area contributed by atoms with Gasteiger partial charge in [0.15, 0.2) is 0 Å². The van der Waals surface area contributed by atoms with E-state index in [-0.39, 0.29) is 5.54 Å². The molecule has 0 saturated carbocycles. The van der Waals surface area contributed by atoms with Crippen LogP contribution in [-0.4, -0.2) is 55.1 Å². The molecule has 84 valence electrons. The van der Waals surface area contributed by atoms with E-state index in [0.29, 0.717) is 6.04 Å². The molecule has 1 aliphatic heterocycles. The standard InChI is InChI=1S/C11H25N3/c1-11(2,9-12)14(4)10-5-7-13(3)8-6-10/h10H,5-9,12H2,1-4H3. The molecule has 3 heteroatoms. The van der Waals surface area contributed by atoms with Crippen molar-refractivity contribution >= 4 is 0 Å². The van der Waals surface area contributed by atoms with E-state index in [4.69, 9.17) is 5.73 Å². The lowest BCUT2D eigenvalue weighted by Gasteiger charge is -2.43. The van der Waals surface area contributed by atoms with Crippen molar-refractivity contribution in [3.63, 3.8) is 0 Å². The molecular weight excluding hydrogens is 174 g/mol. The van der Waals surface area contributed by atoms with E-state index in [1.807, 2.05) is 0 Å². The second-order valence-electron chi connectivity index (χ2n) is 5.16. The zero-order valence-electron chi connectivity index (χ0n) is 10.1. The summed E-state index contributed by atoms with van der Waals surface area (Å²) in [4.78, 5) is 4.86. The van der Waals surface area contributed by atoms with Crippen molar-refractivity contribution in [3.8, 4) is 0 Å². The first-order chi connectivity index (χ1) is 6.47. The molecule has 0 aliphatic carbocycles. The molecule has 2 N–H and O–H groups in total. The van der Waals surface area contributed by atoms with Gasteiger partial charge in [-0.05, 0) is 53.9 Å². The van der Waals surface area contributed by atoms with Gasteiger partial charge >= 0.3 is 0 Å². The van der Waals surface area contributed by atoms with Crippen molar-refractivity contribution in [3.05, 3.63) is 0 Å². The Morgan fingerprint density at radius 2 is 1.86 bits per heavy atom. The Morgan fingerprint density at radius 3 is 2.29 bits per heavy atom. The fourth-order valence-corrected chi connectivity index (χ4v) is 2.02. The highest BCUT2D eigenvalue weighted by Gasteiger charge is 2.29. The molecule has 3 nitrogen and oxygen atoms in total. The number of hydrogen-bond donors (Lipinski definition) is 1. The molecule has 0 atom stereocenters. The molecule has 1 aliphatic rings. The van der Waals surface area contributed by atoms with Crippen LogP contribution in [0.2, 0.25) is 0 Å². The van der Waals surface area contributed by atoms with Gasteiger partial charge in [0.25, 0.3) is 0 Å². The predicted molar refractivity (Wildman–Crippen MR) is 61.4 cm³/mol. The molecule has 0 bridgehead atoms. The smallest absolute Gasteiger partial charge is 0.0275 e. The van der Waals surface area contributed by atoms with Crippen LogP contribution in [0.5, 0.6) is 0 Å². The molecule has 1 heterocycles. The summed E-state index contributed by atoms with van der Waals surface area (Å²) < 4.78 is 0. The van der Waals surface area contributed by atoms with Gasteiger partial charge in [-0.2, -0.15) is 0 Å². The van der Waals surface area contributed by atoms with Gasteiger partial charge in [0.2, 0.25) is 0 Å². The van der Waals surface area contributed by atoms with E-state index in [1.54, 1.807) is 0 Å². The van der Waals surface area contributed by atoms with Crippen molar-refractivity contribution in [2.75, 3.05) is 33.7 Å². The largest absolute Gasteiger partial charge is 0.329 e. The number of nitrogens with zero attached hydrogens (tertiary/aromatic N) is 2. The number of piperidine rings is 1. The Kier molecular flexibility index (Phi) is 3.93. The summed E-state index contributed by atoms with van der Waals surface area (Å²) in [6.07, 6.45) is 2.55. The lowest BCUT2D eigenvalue weighted by atomic mass is 9.96. The molecule has 0 unspecified atom stereocenters. The third kappa shape index (κ3) is 2.69. The lowest BCUT2D eigenvalue weighted by Crippen LogP contribution is -2.54. The average molecular weight is 199 g/mol. The van der Waals surface area contributed by atoms with Gasteiger partial charge in [0.1, 0.15) is 0 Å². The zero-order valence-corrected chi connectivity index (χ0v) is 10.1. The minimum atomic E-state index is 0.139. The molecule has 0 aromatic heterocycles. The highest BCUT2D eigenvalue weighted by Crippen LogP contribution is 2.21. The Hall–Kier alpha value is -0.120. The SMILES string of the molecule is CN1CCC(N(C)C(C)(C)CN)CC1. The number of likely N-dealkylation sites (tertiary alicyclic amines) is 1. The zero-order chi connectivity index (χ0) is 10.8. The molecule has 1 fully saturated rings. The lowest BCUT2D eigenvalue weighted by molar-refractivity contribution is 0.0655.